The van der Waals surface area contributed by atoms with Gasteiger partial charge in [0.1, 0.15) is 0 Å². The van der Waals surface area contributed by atoms with Crippen LogP contribution in [0.1, 0.15) is 26.7 Å². The van der Waals surface area contributed by atoms with Gasteiger partial charge in [0, 0.05) is 18.4 Å². The molecule has 1 N–H and O–H groups in total. The molecule has 90 valence electrons. The predicted molar refractivity (Wildman–Crippen MR) is 69.4 cm³/mol. The molecule has 0 aliphatic rings. The predicted octanol–water partition coefficient (Wildman–Crippen LogP) is 2.87. The summed E-state index contributed by atoms with van der Waals surface area (Å²) in [6.45, 7) is 4.37. The number of rotatable bonds is 5. The minimum atomic E-state index is 0.521. The third-order valence-corrected chi connectivity index (χ3v) is 2.84. The third-order valence-electron chi connectivity index (χ3n) is 2.84. The van der Waals surface area contributed by atoms with Crippen molar-refractivity contribution >= 4 is 5.69 Å². The van der Waals surface area contributed by atoms with Crippen LogP contribution in [0.15, 0.2) is 36.8 Å². The van der Waals surface area contributed by atoms with Crippen LogP contribution < -0.4 is 5.32 Å². The van der Waals surface area contributed by atoms with Crippen LogP contribution in [0.5, 0.6) is 0 Å². The Hall–Kier alpha value is -1.84. The first-order valence-corrected chi connectivity index (χ1v) is 6.06. The van der Waals surface area contributed by atoms with Crippen LogP contribution in [0.4, 0.5) is 5.69 Å². The molecule has 0 radical (unpaired) electrons. The van der Waals surface area contributed by atoms with Crippen molar-refractivity contribution in [2.75, 3.05) is 5.32 Å². The Kier molecular flexibility index (Phi) is 3.75. The number of anilines is 1. The molecule has 0 aliphatic carbocycles. The number of hydrogen-bond acceptors (Lipinski definition) is 3. The average Bonchev–Trinajstić information content (AvgIpc) is 2.90. The molecule has 2 rings (SSSR count). The van der Waals surface area contributed by atoms with Crippen LogP contribution in [0.3, 0.4) is 0 Å². The molecule has 0 amide bonds. The van der Waals surface area contributed by atoms with Crippen molar-refractivity contribution in [2.45, 2.75) is 32.7 Å². The van der Waals surface area contributed by atoms with E-state index in [1.165, 1.54) is 0 Å². The maximum atomic E-state index is 4.38. The van der Waals surface area contributed by atoms with E-state index in [-0.39, 0.29) is 0 Å². The number of nitrogens with one attached hydrogen (secondary N) is 1. The molecule has 0 fully saturated rings. The van der Waals surface area contributed by atoms with Crippen LogP contribution in [0.2, 0.25) is 0 Å². The molecule has 0 aromatic carbocycles. The van der Waals surface area contributed by atoms with E-state index in [0.29, 0.717) is 6.04 Å². The fourth-order valence-electron chi connectivity index (χ4n) is 1.74. The molecule has 2 heterocycles. The fraction of sp³-hybridized carbons (Fsp3) is 0.385. The highest BCUT2D eigenvalue weighted by Gasteiger charge is 2.03. The summed E-state index contributed by atoms with van der Waals surface area (Å²) in [5.41, 5.74) is 1.06. The van der Waals surface area contributed by atoms with E-state index < -0.39 is 0 Å². The summed E-state index contributed by atoms with van der Waals surface area (Å²) in [5, 5.41) is 7.60. The Morgan fingerprint density at radius 2 is 2.12 bits per heavy atom. The summed E-state index contributed by atoms with van der Waals surface area (Å²) in [5.74, 6) is 0.838. The molecule has 0 spiro atoms. The van der Waals surface area contributed by atoms with Gasteiger partial charge in [-0.25, -0.2) is 9.67 Å². The van der Waals surface area contributed by atoms with Crippen molar-refractivity contribution in [3.63, 3.8) is 0 Å². The first kappa shape index (κ1) is 11.6. The van der Waals surface area contributed by atoms with Crippen LogP contribution in [-0.4, -0.2) is 20.8 Å². The summed E-state index contributed by atoms with van der Waals surface area (Å²) >= 11 is 0. The summed E-state index contributed by atoms with van der Waals surface area (Å²) in [6.07, 6.45) is 7.73. The van der Waals surface area contributed by atoms with Crippen LogP contribution >= 0.6 is 0 Å². The molecule has 0 atom stereocenters. The number of aromatic nitrogens is 3. The van der Waals surface area contributed by atoms with Gasteiger partial charge in [0.15, 0.2) is 5.82 Å². The highest BCUT2D eigenvalue weighted by atomic mass is 15.3. The third kappa shape index (κ3) is 2.84. The standard InChI is InChI=1S/C13H18N4/c1-3-11(4-2)16-12-6-7-13(14-10-12)17-9-5-8-15-17/h5-11,16H,3-4H2,1-2H3. The molecule has 4 heteroatoms. The van der Waals surface area contributed by atoms with E-state index in [4.69, 9.17) is 0 Å². The molecule has 2 aromatic rings. The molecule has 0 aliphatic heterocycles. The quantitative estimate of drug-likeness (QED) is 0.858. The lowest BCUT2D eigenvalue weighted by Gasteiger charge is -2.15. The van der Waals surface area contributed by atoms with Gasteiger partial charge in [-0.3, -0.25) is 0 Å². The molecule has 0 saturated carbocycles. The Bertz CT molecular complexity index is 429. The Morgan fingerprint density at radius 1 is 1.29 bits per heavy atom. The van der Waals surface area contributed by atoms with E-state index in [2.05, 4.69) is 29.2 Å². The Labute approximate surface area is 102 Å². The van der Waals surface area contributed by atoms with Gasteiger partial charge in [-0.05, 0) is 31.0 Å². The number of pyridine rings is 1. The van der Waals surface area contributed by atoms with Crippen molar-refractivity contribution in [1.82, 2.24) is 14.8 Å². The Morgan fingerprint density at radius 3 is 2.65 bits per heavy atom. The molecule has 17 heavy (non-hydrogen) atoms. The van der Waals surface area contributed by atoms with E-state index in [1.807, 2.05) is 30.6 Å². The number of nitrogens with zero attached hydrogens (tertiary/aromatic N) is 3. The van der Waals surface area contributed by atoms with Gasteiger partial charge < -0.3 is 5.32 Å². The van der Waals surface area contributed by atoms with E-state index >= 15 is 0 Å². The van der Waals surface area contributed by atoms with Gasteiger partial charge in [0.25, 0.3) is 0 Å². The lowest BCUT2D eigenvalue weighted by Crippen LogP contribution is -2.17. The second-order valence-electron chi connectivity index (χ2n) is 4.01. The van der Waals surface area contributed by atoms with Crippen molar-refractivity contribution in [1.29, 1.82) is 0 Å². The summed E-state index contributed by atoms with van der Waals surface area (Å²) in [7, 11) is 0. The van der Waals surface area contributed by atoms with Gasteiger partial charge in [-0.15, -0.1) is 0 Å². The summed E-state index contributed by atoms with van der Waals surface area (Å²) in [4.78, 5) is 4.38. The second-order valence-corrected chi connectivity index (χ2v) is 4.01. The zero-order valence-electron chi connectivity index (χ0n) is 10.3. The fourth-order valence-corrected chi connectivity index (χ4v) is 1.74. The zero-order chi connectivity index (χ0) is 12.1. The maximum absolute atomic E-state index is 4.38. The molecule has 0 bridgehead atoms. The van der Waals surface area contributed by atoms with E-state index in [9.17, 15) is 0 Å². The lowest BCUT2D eigenvalue weighted by molar-refractivity contribution is 0.671. The van der Waals surface area contributed by atoms with Gasteiger partial charge in [0.2, 0.25) is 0 Å². The van der Waals surface area contributed by atoms with E-state index in [0.717, 1.165) is 24.3 Å². The van der Waals surface area contributed by atoms with Crippen molar-refractivity contribution in [2.24, 2.45) is 0 Å². The SMILES string of the molecule is CCC(CC)Nc1ccc(-n2cccn2)nc1. The van der Waals surface area contributed by atoms with E-state index in [1.54, 1.807) is 10.9 Å². The van der Waals surface area contributed by atoms with Crippen LogP contribution in [0, 0.1) is 0 Å². The van der Waals surface area contributed by atoms with Crippen molar-refractivity contribution in [3.8, 4) is 5.82 Å². The molecule has 0 saturated heterocycles. The van der Waals surface area contributed by atoms with Crippen LogP contribution in [-0.2, 0) is 0 Å². The molecule has 4 nitrogen and oxygen atoms in total. The first-order chi connectivity index (χ1) is 8.33. The average molecular weight is 230 g/mol. The van der Waals surface area contributed by atoms with Gasteiger partial charge in [-0.2, -0.15) is 5.10 Å². The van der Waals surface area contributed by atoms with Crippen LogP contribution in [0.25, 0.3) is 5.82 Å². The normalized spacial score (nSPS) is 10.8. The summed E-state index contributed by atoms with van der Waals surface area (Å²) in [6, 6.07) is 6.42. The molecule has 2 aromatic heterocycles. The Balaban J connectivity index is 2.08. The monoisotopic (exact) mass is 230 g/mol. The minimum Gasteiger partial charge on any atom is -0.381 e. The maximum Gasteiger partial charge on any atom is 0.153 e. The highest BCUT2D eigenvalue weighted by molar-refractivity contribution is 5.44. The highest BCUT2D eigenvalue weighted by Crippen LogP contribution is 2.12. The van der Waals surface area contributed by atoms with Gasteiger partial charge in [-0.1, -0.05) is 13.8 Å². The molecule has 0 unspecified atom stereocenters. The minimum absolute atomic E-state index is 0.521. The summed E-state index contributed by atoms with van der Waals surface area (Å²) < 4.78 is 1.75. The van der Waals surface area contributed by atoms with Gasteiger partial charge in [0.05, 0.1) is 11.9 Å². The van der Waals surface area contributed by atoms with Crippen molar-refractivity contribution < 1.29 is 0 Å². The topological polar surface area (TPSA) is 42.7 Å². The lowest BCUT2D eigenvalue weighted by atomic mass is 10.1. The second kappa shape index (κ2) is 5.48. The van der Waals surface area contributed by atoms with Crippen molar-refractivity contribution in [3.05, 3.63) is 36.8 Å². The van der Waals surface area contributed by atoms with Gasteiger partial charge >= 0.3 is 0 Å². The largest absolute Gasteiger partial charge is 0.381 e. The first-order valence-electron chi connectivity index (χ1n) is 6.06. The smallest absolute Gasteiger partial charge is 0.153 e. The molecular formula is C13H18N4. The molecular weight excluding hydrogens is 212 g/mol. The number of hydrogen-bond donors (Lipinski definition) is 1. The zero-order valence-corrected chi connectivity index (χ0v) is 10.3.